The number of benzene rings is 1. The zero-order valence-electron chi connectivity index (χ0n) is 12.9. The van der Waals surface area contributed by atoms with Crippen molar-refractivity contribution in [3.05, 3.63) is 22.2 Å². The fourth-order valence-corrected chi connectivity index (χ4v) is 2.20. The molecule has 3 N–H and O–H groups in total. The van der Waals surface area contributed by atoms with E-state index in [2.05, 4.69) is 40.4 Å². The zero-order chi connectivity index (χ0) is 16.0. The van der Waals surface area contributed by atoms with Crippen molar-refractivity contribution < 1.29 is 14.6 Å². The molecule has 1 atom stereocenters. The molecule has 1 unspecified atom stereocenters. The highest BCUT2D eigenvalue weighted by Crippen LogP contribution is 2.35. The first-order valence-electron chi connectivity index (χ1n) is 6.91. The molecule has 0 aliphatic heterocycles. The third-order valence-corrected chi connectivity index (χ3v) is 3.60. The van der Waals surface area contributed by atoms with E-state index < -0.39 is 0 Å². The molecule has 0 radical (unpaired) electrons. The number of hydrogen-bond donors (Lipinski definition) is 3. The standard InChI is InChI=1S/C15H23BrN2O3/c1-9(2)7-18-15(20)10(3)17-8-11-5-12(16)14(19)13(6-11)21-4/h5-6,9-10,17,19H,7-8H2,1-4H3,(H,18,20). The number of rotatable bonds is 7. The van der Waals surface area contributed by atoms with Crippen LogP contribution in [0.5, 0.6) is 11.5 Å². The van der Waals surface area contributed by atoms with Crippen molar-refractivity contribution in [1.29, 1.82) is 0 Å². The Kier molecular flexibility index (Phi) is 6.98. The Morgan fingerprint density at radius 2 is 2.05 bits per heavy atom. The minimum atomic E-state index is -0.290. The molecule has 5 nitrogen and oxygen atoms in total. The number of phenolic OH excluding ortho intramolecular Hbond substituents is 1. The van der Waals surface area contributed by atoms with Crippen LogP contribution in [0.3, 0.4) is 0 Å². The topological polar surface area (TPSA) is 70.6 Å². The summed E-state index contributed by atoms with van der Waals surface area (Å²) in [4.78, 5) is 11.9. The number of phenols is 1. The molecule has 1 aromatic carbocycles. The van der Waals surface area contributed by atoms with Gasteiger partial charge in [-0.2, -0.15) is 0 Å². The number of hydrogen-bond acceptors (Lipinski definition) is 4. The number of nitrogens with one attached hydrogen (secondary N) is 2. The predicted molar refractivity (Wildman–Crippen MR) is 86.5 cm³/mol. The fourth-order valence-electron chi connectivity index (χ4n) is 1.71. The van der Waals surface area contributed by atoms with Gasteiger partial charge in [0, 0.05) is 13.1 Å². The highest BCUT2D eigenvalue weighted by atomic mass is 79.9. The number of carbonyl (C=O) groups excluding carboxylic acids is 1. The molecule has 21 heavy (non-hydrogen) atoms. The van der Waals surface area contributed by atoms with Crippen molar-refractivity contribution in [2.24, 2.45) is 5.92 Å². The lowest BCUT2D eigenvalue weighted by molar-refractivity contribution is -0.122. The Hall–Kier alpha value is -1.27. The molecular weight excluding hydrogens is 336 g/mol. The van der Waals surface area contributed by atoms with Gasteiger partial charge in [-0.15, -0.1) is 0 Å². The SMILES string of the molecule is COc1cc(CNC(C)C(=O)NCC(C)C)cc(Br)c1O. The van der Waals surface area contributed by atoms with E-state index in [-0.39, 0.29) is 17.7 Å². The van der Waals surface area contributed by atoms with Crippen molar-refractivity contribution in [3.63, 3.8) is 0 Å². The maximum absolute atomic E-state index is 11.9. The normalized spacial score (nSPS) is 12.3. The molecule has 0 heterocycles. The summed E-state index contributed by atoms with van der Waals surface area (Å²) in [5.74, 6) is 0.883. The van der Waals surface area contributed by atoms with Crippen LogP contribution < -0.4 is 15.4 Å². The fraction of sp³-hybridized carbons (Fsp3) is 0.533. The third kappa shape index (κ3) is 5.55. The van der Waals surface area contributed by atoms with Gasteiger partial charge in [0.2, 0.25) is 5.91 Å². The lowest BCUT2D eigenvalue weighted by Gasteiger charge is -2.16. The smallest absolute Gasteiger partial charge is 0.236 e. The van der Waals surface area contributed by atoms with Gasteiger partial charge < -0.3 is 20.5 Å². The maximum Gasteiger partial charge on any atom is 0.236 e. The largest absolute Gasteiger partial charge is 0.503 e. The third-order valence-electron chi connectivity index (χ3n) is 3.00. The zero-order valence-corrected chi connectivity index (χ0v) is 14.5. The summed E-state index contributed by atoms with van der Waals surface area (Å²) in [6.07, 6.45) is 0. The van der Waals surface area contributed by atoms with Crippen LogP contribution in [0.1, 0.15) is 26.3 Å². The van der Waals surface area contributed by atoms with Crippen molar-refractivity contribution in [2.45, 2.75) is 33.4 Å². The van der Waals surface area contributed by atoms with E-state index in [0.717, 1.165) is 5.56 Å². The van der Waals surface area contributed by atoms with E-state index in [1.807, 2.05) is 6.92 Å². The minimum Gasteiger partial charge on any atom is -0.503 e. The summed E-state index contributed by atoms with van der Waals surface area (Å²) < 4.78 is 5.66. The van der Waals surface area contributed by atoms with Crippen LogP contribution in [0.25, 0.3) is 0 Å². The highest BCUT2D eigenvalue weighted by Gasteiger charge is 2.13. The van der Waals surface area contributed by atoms with Crippen LogP contribution in [0.15, 0.2) is 16.6 Å². The Morgan fingerprint density at radius 1 is 1.38 bits per heavy atom. The van der Waals surface area contributed by atoms with Crippen LogP contribution in [0, 0.1) is 5.92 Å². The number of aromatic hydroxyl groups is 1. The molecule has 1 amide bonds. The van der Waals surface area contributed by atoms with Gasteiger partial charge in [-0.3, -0.25) is 4.79 Å². The summed E-state index contributed by atoms with van der Waals surface area (Å²) in [7, 11) is 1.50. The number of methoxy groups -OCH3 is 1. The van der Waals surface area contributed by atoms with Gasteiger partial charge in [-0.05, 0) is 46.5 Å². The molecule has 6 heteroatoms. The second kappa shape index (κ2) is 8.24. The van der Waals surface area contributed by atoms with Crippen LogP contribution in [-0.4, -0.2) is 30.7 Å². The molecule has 0 aliphatic carbocycles. The van der Waals surface area contributed by atoms with Gasteiger partial charge in [0.15, 0.2) is 11.5 Å². The summed E-state index contributed by atoms with van der Waals surface area (Å²) in [5, 5.41) is 15.8. The molecule has 0 fully saturated rings. The molecule has 0 bridgehead atoms. The van der Waals surface area contributed by atoms with E-state index in [1.165, 1.54) is 7.11 Å². The Balaban J connectivity index is 2.58. The van der Waals surface area contributed by atoms with E-state index >= 15 is 0 Å². The summed E-state index contributed by atoms with van der Waals surface area (Å²) in [5.41, 5.74) is 0.917. The number of carbonyl (C=O) groups is 1. The molecule has 1 rings (SSSR count). The van der Waals surface area contributed by atoms with Gasteiger partial charge in [-0.1, -0.05) is 13.8 Å². The number of amides is 1. The van der Waals surface area contributed by atoms with Crippen LogP contribution in [-0.2, 0) is 11.3 Å². The van der Waals surface area contributed by atoms with Crippen molar-refractivity contribution >= 4 is 21.8 Å². The maximum atomic E-state index is 11.9. The van der Waals surface area contributed by atoms with Gasteiger partial charge in [0.25, 0.3) is 0 Å². The molecule has 0 aromatic heterocycles. The first-order chi connectivity index (χ1) is 9.85. The van der Waals surface area contributed by atoms with Gasteiger partial charge in [-0.25, -0.2) is 0 Å². The Bertz CT molecular complexity index is 492. The Morgan fingerprint density at radius 3 is 2.62 bits per heavy atom. The second-order valence-corrected chi connectivity index (χ2v) is 6.22. The second-order valence-electron chi connectivity index (χ2n) is 5.37. The van der Waals surface area contributed by atoms with Crippen molar-refractivity contribution in [1.82, 2.24) is 10.6 Å². The number of ether oxygens (including phenoxy) is 1. The molecule has 0 spiro atoms. The molecule has 118 valence electrons. The van der Waals surface area contributed by atoms with Crippen LogP contribution in [0.2, 0.25) is 0 Å². The van der Waals surface area contributed by atoms with E-state index in [0.29, 0.717) is 29.2 Å². The average Bonchev–Trinajstić information content (AvgIpc) is 2.45. The van der Waals surface area contributed by atoms with E-state index in [1.54, 1.807) is 12.1 Å². The lowest BCUT2D eigenvalue weighted by Crippen LogP contribution is -2.42. The summed E-state index contributed by atoms with van der Waals surface area (Å²) >= 11 is 3.28. The summed E-state index contributed by atoms with van der Waals surface area (Å²) in [6, 6.07) is 3.25. The number of halogens is 1. The molecule has 0 saturated carbocycles. The molecular formula is C15H23BrN2O3. The highest BCUT2D eigenvalue weighted by molar-refractivity contribution is 9.10. The lowest BCUT2D eigenvalue weighted by atomic mass is 10.2. The van der Waals surface area contributed by atoms with Crippen molar-refractivity contribution in [2.75, 3.05) is 13.7 Å². The van der Waals surface area contributed by atoms with E-state index in [9.17, 15) is 9.90 Å². The molecule has 1 aromatic rings. The summed E-state index contributed by atoms with van der Waals surface area (Å²) in [6.45, 7) is 7.11. The molecule has 0 aliphatic rings. The minimum absolute atomic E-state index is 0.0199. The van der Waals surface area contributed by atoms with Gasteiger partial charge in [0.1, 0.15) is 0 Å². The van der Waals surface area contributed by atoms with Crippen molar-refractivity contribution in [3.8, 4) is 11.5 Å². The monoisotopic (exact) mass is 358 g/mol. The van der Waals surface area contributed by atoms with Gasteiger partial charge >= 0.3 is 0 Å². The molecule has 0 saturated heterocycles. The van der Waals surface area contributed by atoms with Crippen LogP contribution in [0.4, 0.5) is 0 Å². The van der Waals surface area contributed by atoms with Gasteiger partial charge in [0.05, 0.1) is 17.6 Å². The first kappa shape index (κ1) is 17.8. The Labute approximate surface area is 134 Å². The predicted octanol–water partition coefficient (Wildman–Crippen LogP) is 2.41. The van der Waals surface area contributed by atoms with Crippen LogP contribution >= 0.6 is 15.9 Å². The van der Waals surface area contributed by atoms with E-state index in [4.69, 9.17) is 4.74 Å². The quantitative estimate of drug-likeness (QED) is 0.699. The average molecular weight is 359 g/mol. The first-order valence-corrected chi connectivity index (χ1v) is 7.71.